The predicted octanol–water partition coefficient (Wildman–Crippen LogP) is 2.90. The Bertz CT molecular complexity index is 1110. The van der Waals surface area contributed by atoms with Crippen molar-refractivity contribution in [2.75, 3.05) is 5.32 Å². The molecule has 0 saturated carbocycles. The molecule has 0 radical (unpaired) electrons. The van der Waals surface area contributed by atoms with Gasteiger partial charge < -0.3 is 10.4 Å². The lowest BCUT2D eigenvalue weighted by Crippen LogP contribution is -2.30. The van der Waals surface area contributed by atoms with E-state index in [4.69, 9.17) is 11.6 Å². The Kier molecular flexibility index (Phi) is 4.75. The minimum absolute atomic E-state index is 0.0364. The Labute approximate surface area is 154 Å². The number of hydrogen-bond donors (Lipinski definition) is 2. The molecule has 0 aliphatic heterocycles. The van der Waals surface area contributed by atoms with Crippen molar-refractivity contribution in [2.45, 2.75) is 13.5 Å². The quantitative estimate of drug-likeness (QED) is 0.707. The van der Waals surface area contributed by atoms with Crippen LogP contribution in [-0.4, -0.2) is 26.5 Å². The number of nitrogens with one attached hydrogen (secondary N) is 1. The number of rotatable bonds is 4. The molecule has 3 rings (SSSR count). The maximum Gasteiger partial charge on any atom is 0.337 e. The Hall–Kier alpha value is -2.78. The van der Waals surface area contributed by atoms with Crippen LogP contribution in [0.25, 0.3) is 10.2 Å². The number of benzene rings is 1. The van der Waals surface area contributed by atoms with Gasteiger partial charge in [0.2, 0.25) is 5.91 Å². The molecule has 0 bridgehead atoms. The van der Waals surface area contributed by atoms with E-state index in [0.29, 0.717) is 4.83 Å². The van der Waals surface area contributed by atoms with E-state index in [0.717, 1.165) is 22.0 Å². The monoisotopic (exact) mass is 395 g/mol. The largest absolute Gasteiger partial charge is 0.478 e. The van der Waals surface area contributed by atoms with Crippen LogP contribution in [0.2, 0.25) is 5.02 Å². The van der Waals surface area contributed by atoms with Crippen LogP contribution in [0.15, 0.2) is 28.4 Å². The Morgan fingerprint density at radius 2 is 2.15 bits per heavy atom. The number of aromatic carboxylic acids is 1. The topological polar surface area (TPSA) is 101 Å². The lowest BCUT2D eigenvalue weighted by atomic mass is 10.2. The van der Waals surface area contributed by atoms with Crippen LogP contribution in [0.4, 0.5) is 10.1 Å². The lowest BCUT2D eigenvalue weighted by Gasteiger charge is -2.10. The minimum atomic E-state index is -1.24. The van der Waals surface area contributed by atoms with Crippen LogP contribution in [0.1, 0.15) is 16.2 Å². The van der Waals surface area contributed by atoms with E-state index < -0.39 is 23.3 Å². The Balaban J connectivity index is 1.93. The third kappa shape index (κ3) is 3.31. The van der Waals surface area contributed by atoms with E-state index in [-0.39, 0.29) is 34.0 Å². The van der Waals surface area contributed by atoms with Crippen molar-refractivity contribution >= 4 is 50.7 Å². The minimum Gasteiger partial charge on any atom is -0.478 e. The molecule has 2 N–H and O–H groups in total. The van der Waals surface area contributed by atoms with Crippen molar-refractivity contribution in [1.29, 1.82) is 0 Å². The number of aromatic nitrogens is 2. The summed E-state index contributed by atoms with van der Waals surface area (Å²) in [7, 11) is 0. The fourth-order valence-electron chi connectivity index (χ4n) is 2.39. The predicted molar refractivity (Wildman–Crippen MR) is 95.6 cm³/mol. The highest BCUT2D eigenvalue weighted by Crippen LogP contribution is 2.22. The van der Waals surface area contributed by atoms with Gasteiger partial charge in [0.15, 0.2) is 0 Å². The molecule has 3 aromatic rings. The van der Waals surface area contributed by atoms with Crippen LogP contribution in [0.3, 0.4) is 0 Å². The number of nitrogens with zero attached hydrogens (tertiary/aromatic N) is 2. The summed E-state index contributed by atoms with van der Waals surface area (Å²) < 4.78 is 14.2. The second kappa shape index (κ2) is 6.85. The number of carboxylic acid groups (broad SMARTS) is 1. The molecule has 1 aromatic carbocycles. The molecule has 1 amide bonds. The highest BCUT2D eigenvalue weighted by Gasteiger charge is 2.19. The number of carbonyl (C=O) groups is 2. The van der Waals surface area contributed by atoms with E-state index in [2.05, 4.69) is 10.3 Å². The normalized spacial score (nSPS) is 10.9. The summed E-state index contributed by atoms with van der Waals surface area (Å²) in [4.78, 5) is 40.6. The van der Waals surface area contributed by atoms with Crippen molar-refractivity contribution in [3.63, 3.8) is 0 Å². The van der Waals surface area contributed by atoms with Gasteiger partial charge in [-0.2, -0.15) is 0 Å². The first-order chi connectivity index (χ1) is 12.3. The van der Waals surface area contributed by atoms with Gasteiger partial charge in [0.25, 0.3) is 5.56 Å². The van der Waals surface area contributed by atoms with Crippen LogP contribution < -0.4 is 10.9 Å². The van der Waals surface area contributed by atoms with E-state index >= 15 is 0 Å². The average molecular weight is 396 g/mol. The fourth-order valence-corrected chi connectivity index (χ4v) is 3.52. The summed E-state index contributed by atoms with van der Waals surface area (Å²) in [6.07, 6.45) is 0. The summed E-state index contributed by atoms with van der Waals surface area (Å²) >= 11 is 6.71. The van der Waals surface area contributed by atoms with Crippen molar-refractivity contribution in [3.8, 4) is 0 Å². The maximum atomic E-state index is 13.2. The lowest BCUT2D eigenvalue weighted by molar-refractivity contribution is -0.116. The number of amides is 1. The fraction of sp³-hybridized carbons (Fsp3) is 0.125. The second-order valence-corrected chi connectivity index (χ2v) is 6.63. The first kappa shape index (κ1) is 18.0. The second-order valence-electron chi connectivity index (χ2n) is 5.36. The zero-order chi connectivity index (χ0) is 19.0. The molecule has 134 valence electrons. The van der Waals surface area contributed by atoms with Gasteiger partial charge in [-0.3, -0.25) is 14.2 Å². The highest BCUT2D eigenvalue weighted by molar-refractivity contribution is 7.17. The summed E-state index contributed by atoms with van der Waals surface area (Å²) in [6, 6.07) is 3.68. The standard InChI is InChI=1S/C16H11ClFN3O4S/c1-7-19-14-13(9(6-26-14)16(24)25)15(23)21(7)5-12(22)20-8-2-3-11(18)10(17)4-8/h2-4,6H,5H2,1H3,(H,20,22)(H,24,25). The highest BCUT2D eigenvalue weighted by atomic mass is 35.5. The van der Waals surface area contributed by atoms with Gasteiger partial charge in [0.05, 0.1) is 16.0 Å². The third-order valence-electron chi connectivity index (χ3n) is 3.62. The molecule has 0 spiro atoms. The van der Waals surface area contributed by atoms with Gasteiger partial charge in [-0.1, -0.05) is 11.6 Å². The number of carboxylic acids is 1. The molecule has 0 aliphatic carbocycles. The zero-order valence-electron chi connectivity index (χ0n) is 13.2. The molecule has 7 nitrogen and oxygen atoms in total. The van der Waals surface area contributed by atoms with E-state index in [9.17, 15) is 23.9 Å². The van der Waals surface area contributed by atoms with Gasteiger partial charge in [0.1, 0.15) is 23.0 Å². The summed E-state index contributed by atoms with van der Waals surface area (Å²) in [6.45, 7) is 1.17. The molecular weight excluding hydrogens is 385 g/mol. The van der Waals surface area contributed by atoms with Gasteiger partial charge in [-0.05, 0) is 25.1 Å². The number of carbonyl (C=O) groups excluding carboxylic acids is 1. The number of fused-ring (bicyclic) bond motifs is 1. The van der Waals surface area contributed by atoms with Crippen molar-refractivity contribution < 1.29 is 19.1 Å². The van der Waals surface area contributed by atoms with Crippen LogP contribution in [0, 0.1) is 12.7 Å². The van der Waals surface area contributed by atoms with Gasteiger partial charge in [0, 0.05) is 11.1 Å². The number of hydrogen-bond acceptors (Lipinski definition) is 5. The molecular formula is C16H11ClFN3O4S. The molecule has 26 heavy (non-hydrogen) atoms. The number of aryl methyl sites for hydroxylation is 1. The molecule has 2 aromatic heterocycles. The van der Waals surface area contributed by atoms with Crippen LogP contribution >= 0.6 is 22.9 Å². The molecule has 0 fully saturated rings. The molecule has 0 aliphatic rings. The molecule has 0 unspecified atom stereocenters. The van der Waals surface area contributed by atoms with Crippen LogP contribution in [0.5, 0.6) is 0 Å². The van der Waals surface area contributed by atoms with Gasteiger partial charge in [-0.15, -0.1) is 11.3 Å². The number of thiophene rings is 1. The average Bonchev–Trinajstić information content (AvgIpc) is 2.99. The SMILES string of the molecule is Cc1nc2scc(C(=O)O)c2c(=O)n1CC(=O)Nc1ccc(F)c(Cl)c1. The molecule has 0 atom stereocenters. The molecule has 2 heterocycles. The van der Waals surface area contributed by atoms with E-state index in [1.54, 1.807) is 6.92 Å². The van der Waals surface area contributed by atoms with Gasteiger partial charge in [-0.25, -0.2) is 14.2 Å². The number of anilines is 1. The Morgan fingerprint density at radius 3 is 2.81 bits per heavy atom. The summed E-state index contributed by atoms with van der Waals surface area (Å²) in [5, 5.41) is 12.8. The molecule has 0 saturated heterocycles. The van der Waals surface area contributed by atoms with Gasteiger partial charge >= 0.3 is 5.97 Å². The Morgan fingerprint density at radius 1 is 1.42 bits per heavy atom. The summed E-state index contributed by atoms with van der Waals surface area (Å²) in [5.74, 6) is -2.15. The maximum absolute atomic E-state index is 13.2. The first-order valence-corrected chi connectivity index (χ1v) is 8.50. The van der Waals surface area contributed by atoms with Crippen molar-refractivity contribution in [1.82, 2.24) is 9.55 Å². The van der Waals surface area contributed by atoms with E-state index in [1.807, 2.05) is 0 Å². The van der Waals surface area contributed by atoms with E-state index in [1.165, 1.54) is 17.5 Å². The van der Waals surface area contributed by atoms with Crippen molar-refractivity contribution in [3.05, 3.63) is 56.2 Å². The molecule has 10 heteroatoms. The summed E-state index contributed by atoms with van der Waals surface area (Å²) in [5.41, 5.74) is -0.497. The van der Waals surface area contributed by atoms with Crippen molar-refractivity contribution in [2.24, 2.45) is 0 Å². The first-order valence-electron chi connectivity index (χ1n) is 7.24. The zero-order valence-corrected chi connectivity index (χ0v) is 14.8. The third-order valence-corrected chi connectivity index (χ3v) is 4.78. The van der Waals surface area contributed by atoms with Crippen LogP contribution in [-0.2, 0) is 11.3 Å². The smallest absolute Gasteiger partial charge is 0.337 e. The number of halogens is 2.